The molecule has 1 aliphatic rings. The zero-order valence-electron chi connectivity index (χ0n) is 12.3. The van der Waals surface area contributed by atoms with E-state index < -0.39 is 5.97 Å². The van der Waals surface area contributed by atoms with Crippen LogP contribution in [0.2, 0.25) is 5.02 Å². The van der Waals surface area contributed by atoms with Crippen molar-refractivity contribution in [2.45, 2.75) is 6.54 Å². The minimum absolute atomic E-state index is 0. The Morgan fingerprint density at radius 3 is 2.64 bits per heavy atom. The Hall–Kier alpha value is -0.720. The van der Waals surface area contributed by atoms with Crippen molar-refractivity contribution in [2.24, 2.45) is 0 Å². The van der Waals surface area contributed by atoms with Crippen LogP contribution in [0.1, 0.15) is 5.56 Å². The van der Waals surface area contributed by atoms with Crippen LogP contribution in [0.5, 0.6) is 5.75 Å². The molecule has 1 aromatic rings. The van der Waals surface area contributed by atoms with Crippen LogP contribution in [0.15, 0.2) is 18.2 Å². The van der Waals surface area contributed by atoms with Crippen LogP contribution in [0, 0.1) is 0 Å². The van der Waals surface area contributed by atoms with Crippen molar-refractivity contribution in [1.82, 2.24) is 10.2 Å². The Kier molecular flexibility index (Phi) is 10.6. The highest BCUT2D eigenvalue weighted by Crippen LogP contribution is 2.23. The summed E-state index contributed by atoms with van der Waals surface area (Å²) in [6, 6.07) is 5.44. The van der Waals surface area contributed by atoms with Crippen LogP contribution in [-0.2, 0) is 16.1 Å². The second-order valence-electron chi connectivity index (χ2n) is 4.64. The highest BCUT2D eigenvalue weighted by atomic mass is 35.5. The van der Waals surface area contributed by atoms with Gasteiger partial charge in [0.1, 0.15) is 5.75 Å². The van der Waals surface area contributed by atoms with E-state index in [1.807, 2.05) is 6.07 Å². The molecule has 126 valence electrons. The van der Waals surface area contributed by atoms with Crippen LogP contribution in [-0.4, -0.2) is 50.8 Å². The van der Waals surface area contributed by atoms with Crippen molar-refractivity contribution in [2.75, 3.05) is 39.9 Å². The third-order valence-corrected chi connectivity index (χ3v) is 3.57. The van der Waals surface area contributed by atoms with Crippen molar-refractivity contribution >= 4 is 42.4 Å². The van der Waals surface area contributed by atoms with Gasteiger partial charge in [0.05, 0.1) is 7.11 Å². The molecular formula is C14H21Cl3N2O3. The van der Waals surface area contributed by atoms with E-state index in [0.717, 1.165) is 38.3 Å². The number of esters is 1. The number of hydrogen-bond acceptors (Lipinski definition) is 5. The Bertz CT molecular complexity index is 469. The lowest BCUT2D eigenvalue weighted by Crippen LogP contribution is -2.42. The lowest BCUT2D eigenvalue weighted by atomic mass is 10.2. The van der Waals surface area contributed by atoms with Gasteiger partial charge in [0.25, 0.3) is 0 Å². The van der Waals surface area contributed by atoms with E-state index >= 15 is 0 Å². The molecule has 8 heteroatoms. The number of rotatable bonds is 5. The van der Waals surface area contributed by atoms with Gasteiger partial charge in [0.15, 0.2) is 6.61 Å². The van der Waals surface area contributed by atoms with Gasteiger partial charge < -0.3 is 14.8 Å². The standard InChI is InChI=1S/C14H19ClN2O3.2ClH/c1-19-14(18)10-20-12-2-3-13(15)11(8-12)9-17-6-4-16-5-7-17;;/h2-3,8,16H,4-7,9-10H2,1H3;2*1H. The molecule has 0 amide bonds. The van der Waals surface area contributed by atoms with Crippen molar-refractivity contribution in [3.05, 3.63) is 28.8 Å². The fraction of sp³-hybridized carbons (Fsp3) is 0.500. The summed E-state index contributed by atoms with van der Waals surface area (Å²) in [7, 11) is 1.34. The average molecular weight is 372 g/mol. The van der Waals surface area contributed by atoms with Gasteiger partial charge in [-0.05, 0) is 23.8 Å². The Labute approximate surface area is 148 Å². The van der Waals surface area contributed by atoms with Crippen molar-refractivity contribution in [1.29, 1.82) is 0 Å². The van der Waals surface area contributed by atoms with Gasteiger partial charge in [-0.2, -0.15) is 0 Å². The topological polar surface area (TPSA) is 50.8 Å². The second-order valence-corrected chi connectivity index (χ2v) is 5.05. The summed E-state index contributed by atoms with van der Waals surface area (Å²) in [5, 5.41) is 4.03. The van der Waals surface area contributed by atoms with E-state index in [-0.39, 0.29) is 31.4 Å². The molecule has 1 saturated heterocycles. The molecule has 0 aliphatic carbocycles. The molecule has 1 aromatic carbocycles. The monoisotopic (exact) mass is 370 g/mol. The number of carbonyl (C=O) groups excluding carboxylic acids is 1. The molecule has 22 heavy (non-hydrogen) atoms. The number of carbonyl (C=O) groups is 1. The number of piperazine rings is 1. The van der Waals surface area contributed by atoms with Crippen LogP contribution in [0.25, 0.3) is 0 Å². The second kappa shape index (κ2) is 10.9. The van der Waals surface area contributed by atoms with E-state index in [2.05, 4.69) is 15.0 Å². The summed E-state index contributed by atoms with van der Waals surface area (Å²) >= 11 is 6.22. The first-order valence-corrected chi connectivity index (χ1v) is 6.98. The van der Waals surface area contributed by atoms with E-state index in [4.69, 9.17) is 16.3 Å². The molecule has 1 aliphatic heterocycles. The first kappa shape index (κ1) is 21.3. The fourth-order valence-corrected chi connectivity index (χ4v) is 2.25. The van der Waals surface area contributed by atoms with Crippen molar-refractivity contribution in [3.63, 3.8) is 0 Å². The molecule has 1 N–H and O–H groups in total. The zero-order valence-corrected chi connectivity index (χ0v) is 14.7. The third-order valence-electron chi connectivity index (χ3n) is 3.21. The van der Waals surface area contributed by atoms with Crippen molar-refractivity contribution in [3.8, 4) is 5.75 Å². The zero-order chi connectivity index (χ0) is 14.4. The van der Waals surface area contributed by atoms with Gasteiger partial charge in [-0.25, -0.2) is 4.79 Å². The number of benzene rings is 1. The first-order valence-electron chi connectivity index (χ1n) is 6.60. The Morgan fingerprint density at radius 1 is 1.32 bits per heavy atom. The highest BCUT2D eigenvalue weighted by molar-refractivity contribution is 6.31. The summed E-state index contributed by atoms with van der Waals surface area (Å²) in [6.45, 7) is 4.70. The lowest BCUT2D eigenvalue weighted by molar-refractivity contribution is -0.142. The predicted molar refractivity (Wildman–Crippen MR) is 91.6 cm³/mol. The molecule has 1 heterocycles. The maximum absolute atomic E-state index is 11.1. The summed E-state index contributed by atoms with van der Waals surface area (Å²) in [5.74, 6) is 0.230. The van der Waals surface area contributed by atoms with E-state index in [0.29, 0.717) is 10.8 Å². The van der Waals surface area contributed by atoms with E-state index in [1.54, 1.807) is 12.1 Å². The Balaban J connectivity index is 0.00000220. The number of methoxy groups -OCH3 is 1. The van der Waals surface area contributed by atoms with Crippen LogP contribution in [0.4, 0.5) is 0 Å². The predicted octanol–water partition coefficient (Wildman–Crippen LogP) is 2.14. The van der Waals surface area contributed by atoms with Gasteiger partial charge >= 0.3 is 5.97 Å². The quantitative estimate of drug-likeness (QED) is 0.804. The van der Waals surface area contributed by atoms with E-state index in [1.165, 1.54) is 7.11 Å². The van der Waals surface area contributed by atoms with Crippen LogP contribution < -0.4 is 10.1 Å². The summed E-state index contributed by atoms with van der Waals surface area (Å²) < 4.78 is 9.92. The average Bonchev–Trinajstić information content (AvgIpc) is 2.48. The molecular weight excluding hydrogens is 351 g/mol. The number of nitrogens with zero attached hydrogens (tertiary/aromatic N) is 1. The number of ether oxygens (including phenoxy) is 2. The molecule has 0 radical (unpaired) electrons. The minimum atomic E-state index is -0.399. The summed E-state index contributed by atoms with van der Waals surface area (Å²) in [6.07, 6.45) is 0. The maximum atomic E-state index is 11.1. The molecule has 0 bridgehead atoms. The van der Waals surface area contributed by atoms with Gasteiger partial charge in [-0.15, -0.1) is 24.8 Å². The van der Waals surface area contributed by atoms with Gasteiger partial charge in [0.2, 0.25) is 0 Å². The first-order chi connectivity index (χ1) is 9.69. The minimum Gasteiger partial charge on any atom is -0.482 e. The smallest absolute Gasteiger partial charge is 0.343 e. The number of hydrogen-bond donors (Lipinski definition) is 1. The molecule has 0 saturated carbocycles. The SMILES string of the molecule is COC(=O)COc1ccc(Cl)c(CN2CCNCC2)c1.Cl.Cl. The molecule has 0 aromatic heterocycles. The Morgan fingerprint density at radius 2 is 2.00 bits per heavy atom. The van der Waals surface area contributed by atoms with Crippen molar-refractivity contribution < 1.29 is 14.3 Å². The molecule has 0 unspecified atom stereocenters. The van der Waals surface area contributed by atoms with Crippen LogP contribution >= 0.6 is 36.4 Å². The van der Waals surface area contributed by atoms with Gasteiger partial charge in [-0.3, -0.25) is 4.90 Å². The molecule has 5 nitrogen and oxygen atoms in total. The van der Waals surface area contributed by atoms with Gasteiger partial charge in [-0.1, -0.05) is 11.6 Å². The third kappa shape index (κ3) is 6.58. The summed E-state index contributed by atoms with van der Waals surface area (Å²) in [5.41, 5.74) is 1.01. The normalized spacial score (nSPS) is 14.5. The molecule has 1 fully saturated rings. The highest BCUT2D eigenvalue weighted by Gasteiger charge is 2.12. The fourth-order valence-electron chi connectivity index (χ4n) is 2.07. The number of halogens is 3. The number of nitrogens with one attached hydrogen (secondary N) is 1. The molecule has 2 rings (SSSR count). The largest absolute Gasteiger partial charge is 0.482 e. The van der Waals surface area contributed by atoms with Crippen LogP contribution in [0.3, 0.4) is 0 Å². The van der Waals surface area contributed by atoms with E-state index in [9.17, 15) is 4.79 Å². The molecule has 0 spiro atoms. The lowest BCUT2D eigenvalue weighted by Gasteiger charge is -2.27. The van der Waals surface area contributed by atoms with Gasteiger partial charge in [0, 0.05) is 37.7 Å². The maximum Gasteiger partial charge on any atom is 0.343 e. The molecule has 0 atom stereocenters. The summed E-state index contributed by atoms with van der Waals surface area (Å²) in [4.78, 5) is 13.4.